The number of hydrogen-bond acceptors (Lipinski definition) is 4. The van der Waals surface area contributed by atoms with Crippen LogP contribution in [0.25, 0.3) is 22.8 Å². The van der Waals surface area contributed by atoms with Crippen LogP contribution >= 0.6 is 0 Å². The van der Waals surface area contributed by atoms with Gasteiger partial charge in [0.2, 0.25) is 15.9 Å². The van der Waals surface area contributed by atoms with Crippen molar-refractivity contribution in [3.8, 4) is 22.8 Å². The van der Waals surface area contributed by atoms with Gasteiger partial charge in [-0.15, -0.1) is 0 Å². The monoisotopic (exact) mass is 458 g/mol. The Bertz CT molecular complexity index is 1290. The van der Waals surface area contributed by atoms with Gasteiger partial charge in [-0.3, -0.25) is 0 Å². The summed E-state index contributed by atoms with van der Waals surface area (Å²) in [6.07, 6.45) is 4.45. The first-order chi connectivity index (χ1) is 16.1. The van der Waals surface area contributed by atoms with Crippen molar-refractivity contribution < 1.29 is 12.8 Å². The standard InChI is InChI=1S/C27H26N2O3S/c30-33(31,29-17-15-22(16-18-29)19-21-7-3-1-4-8-21)25-13-11-24(12-14-25)27-28-20-26(32-27)23-9-5-2-6-10-23/h1-14,20,22H,15-19H2. The fraction of sp³-hybridized carbons (Fsp3) is 0.222. The zero-order chi connectivity index (χ0) is 22.7. The van der Waals surface area contributed by atoms with Crippen LogP contribution in [0.2, 0.25) is 0 Å². The molecule has 1 fully saturated rings. The molecule has 4 aromatic rings. The SMILES string of the molecule is O=S(=O)(c1ccc(-c2ncc(-c3ccccc3)o2)cc1)N1CCC(Cc2ccccc2)CC1. The van der Waals surface area contributed by atoms with Crippen LogP contribution in [-0.2, 0) is 16.4 Å². The third kappa shape index (κ3) is 4.77. The van der Waals surface area contributed by atoms with Crippen molar-refractivity contribution in [1.82, 2.24) is 9.29 Å². The molecule has 0 saturated carbocycles. The Hall–Kier alpha value is -3.22. The maximum absolute atomic E-state index is 13.2. The van der Waals surface area contributed by atoms with Gasteiger partial charge in [0.25, 0.3) is 0 Å². The fourth-order valence-electron chi connectivity index (χ4n) is 4.36. The smallest absolute Gasteiger partial charge is 0.243 e. The molecule has 33 heavy (non-hydrogen) atoms. The minimum absolute atomic E-state index is 0.308. The van der Waals surface area contributed by atoms with E-state index in [0.29, 0.717) is 35.6 Å². The van der Waals surface area contributed by atoms with Crippen molar-refractivity contribution in [3.05, 3.63) is 96.7 Å². The molecule has 5 rings (SSSR count). The molecule has 0 amide bonds. The lowest BCUT2D eigenvalue weighted by molar-refractivity contribution is 0.273. The lowest BCUT2D eigenvalue weighted by Gasteiger charge is -2.31. The predicted molar refractivity (Wildman–Crippen MR) is 129 cm³/mol. The first-order valence-electron chi connectivity index (χ1n) is 11.3. The van der Waals surface area contributed by atoms with E-state index in [2.05, 4.69) is 29.2 Å². The minimum atomic E-state index is -3.51. The number of nitrogens with zero attached hydrogens (tertiary/aromatic N) is 2. The number of rotatable bonds is 6. The Kier molecular flexibility index (Phi) is 6.11. The molecule has 0 atom stereocenters. The highest BCUT2D eigenvalue weighted by Gasteiger charge is 2.29. The Balaban J connectivity index is 1.25. The van der Waals surface area contributed by atoms with Gasteiger partial charge < -0.3 is 4.42 Å². The normalized spacial score (nSPS) is 15.5. The van der Waals surface area contributed by atoms with Crippen molar-refractivity contribution in [1.29, 1.82) is 0 Å². The molecule has 1 aromatic heterocycles. The molecule has 0 spiro atoms. The molecule has 6 heteroatoms. The average molecular weight is 459 g/mol. The van der Waals surface area contributed by atoms with E-state index in [1.807, 2.05) is 36.4 Å². The summed E-state index contributed by atoms with van der Waals surface area (Å²) >= 11 is 0. The van der Waals surface area contributed by atoms with Gasteiger partial charge in [-0.05, 0) is 55.0 Å². The lowest BCUT2D eigenvalue weighted by Crippen LogP contribution is -2.38. The summed E-state index contributed by atoms with van der Waals surface area (Å²) in [5.41, 5.74) is 3.01. The molecular formula is C27H26N2O3S. The number of hydrogen-bond donors (Lipinski definition) is 0. The van der Waals surface area contributed by atoms with E-state index in [1.165, 1.54) is 5.56 Å². The fourth-order valence-corrected chi connectivity index (χ4v) is 5.83. The summed E-state index contributed by atoms with van der Waals surface area (Å²) in [7, 11) is -3.51. The number of oxazole rings is 1. The molecule has 0 radical (unpaired) electrons. The van der Waals surface area contributed by atoms with Gasteiger partial charge in [0.05, 0.1) is 11.1 Å². The molecule has 1 saturated heterocycles. The second kappa shape index (κ2) is 9.33. The first kappa shape index (κ1) is 21.6. The number of sulfonamides is 1. The van der Waals surface area contributed by atoms with Gasteiger partial charge >= 0.3 is 0 Å². The third-order valence-electron chi connectivity index (χ3n) is 6.24. The topological polar surface area (TPSA) is 63.4 Å². The second-order valence-electron chi connectivity index (χ2n) is 8.46. The minimum Gasteiger partial charge on any atom is -0.436 e. The average Bonchev–Trinajstić information content (AvgIpc) is 3.36. The summed E-state index contributed by atoms with van der Waals surface area (Å²) < 4.78 is 33.9. The maximum atomic E-state index is 13.2. The van der Waals surface area contributed by atoms with Crippen LogP contribution in [0.5, 0.6) is 0 Å². The van der Waals surface area contributed by atoms with Gasteiger partial charge in [-0.1, -0.05) is 60.7 Å². The highest BCUT2D eigenvalue weighted by atomic mass is 32.2. The highest BCUT2D eigenvalue weighted by molar-refractivity contribution is 7.89. The van der Waals surface area contributed by atoms with Crippen molar-refractivity contribution in [2.75, 3.05) is 13.1 Å². The van der Waals surface area contributed by atoms with E-state index in [-0.39, 0.29) is 0 Å². The summed E-state index contributed by atoms with van der Waals surface area (Å²) in [6, 6.07) is 27.0. The van der Waals surface area contributed by atoms with Gasteiger partial charge in [0.15, 0.2) is 5.76 Å². The van der Waals surface area contributed by atoms with Crippen molar-refractivity contribution >= 4 is 10.0 Å². The van der Waals surface area contributed by atoms with Gasteiger partial charge in [0, 0.05) is 24.2 Å². The second-order valence-corrected chi connectivity index (χ2v) is 10.4. The van der Waals surface area contributed by atoms with E-state index in [9.17, 15) is 8.42 Å². The Morgan fingerprint density at radius 1 is 0.818 bits per heavy atom. The highest BCUT2D eigenvalue weighted by Crippen LogP contribution is 2.29. The van der Waals surface area contributed by atoms with E-state index < -0.39 is 10.0 Å². The molecule has 0 bridgehead atoms. The van der Waals surface area contributed by atoms with Gasteiger partial charge in [0.1, 0.15) is 0 Å². The van der Waals surface area contributed by atoms with Gasteiger partial charge in [-0.2, -0.15) is 4.31 Å². The largest absolute Gasteiger partial charge is 0.436 e. The summed E-state index contributed by atoms with van der Waals surface area (Å²) in [6.45, 7) is 1.11. The van der Waals surface area contributed by atoms with E-state index in [0.717, 1.165) is 30.4 Å². The van der Waals surface area contributed by atoms with Crippen molar-refractivity contribution in [2.45, 2.75) is 24.2 Å². The van der Waals surface area contributed by atoms with Gasteiger partial charge in [-0.25, -0.2) is 13.4 Å². The van der Waals surface area contributed by atoms with Crippen molar-refractivity contribution in [2.24, 2.45) is 5.92 Å². The molecular weight excluding hydrogens is 432 g/mol. The Morgan fingerprint density at radius 2 is 1.45 bits per heavy atom. The third-order valence-corrected chi connectivity index (χ3v) is 8.16. The molecule has 3 aromatic carbocycles. The zero-order valence-electron chi connectivity index (χ0n) is 18.3. The molecule has 0 unspecified atom stereocenters. The molecule has 1 aliphatic heterocycles. The van der Waals surface area contributed by atoms with E-state index >= 15 is 0 Å². The quantitative estimate of drug-likeness (QED) is 0.374. The Labute approximate surface area is 194 Å². The van der Waals surface area contributed by atoms with Crippen LogP contribution in [0.15, 0.2) is 100 Å². The molecule has 1 aliphatic rings. The van der Waals surface area contributed by atoms with Crippen LogP contribution in [-0.4, -0.2) is 30.8 Å². The first-order valence-corrected chi connectivity index (χ1v) is 12.7. The molecule has 0 N–H and O–H groups in total. The lowest BCUT2D eigenvalue weighted by atomic mass is 9.91. The molecule has 168 valence electrons. The van der Waals surface area contributed by atoms with Crippen LogP contribution < -0.4 is 0 Å². The number of aromatic nitrogens is 1. The maximum Gasteiger partial charge on any atom is 0.243 e. The summed E-state index contributed by atoms with van der Waals surface area (Å²) in [5.74, 6) is 1.67. The van der Waals surface area contributed by atoms with Crippen molar-refractivity contribution in [3.63, 3.8) is 0 Å². The zero-order valence-corrected chi connectivity index (χ0v) is 19.1. The van der Waals surface area contributed by atoms with Crippen LogP contribution in [0.4, 0.5) is 0 Å². The molecule has 0 aliphatic carbocycles. The van der Waals surface area contributed by atoms with E-state index in [4.69, 9.17) is 4.42 Å². The molecule has 2 heterocycles. The summed E-state index contributed by atoms with van der Waals surface area (Å²) in [4.78, 5) is 4.67. The molecule has 5 nitrogen and oxygen atoms in total. The van der Waals surface area contributed by atoms with Crippen LogP contribution in [0.1, 0.15) is 18.4 Å². The van der Waals surface area contributed by atoms with E-state index in [1.54, 1.807) is 34.8 Å². The van der Waals surface area contributed by atoms with Crippen LogP contribution in [0.3, 0.4) is 0 Å². The van der Waals surface area contributed by atoms with Crippen LogP contribution in [0, 0.1) is 5.92 Å². The number of piperidine rings is 1. The predicted octanol–water partition coefficient (Wildman–Crippen LogP) is 5.65. The Morgan fingerprint density at radius 3 is 2.12 bits per heavy atom. The number of benzene rings is 3. The summed E-state index contributed by atoms with van der Waals surface area (Å²) in [5, 5.41) is 0.